The van der Waals surface area contributed by atoms with Crippen molar-refractivity contribution < 1.29 is 9.59 Å². The van der Waals surface area contributed by atoms with Crippen molar-refractivity contribution in [2.75, 3.05) is 46.3 Å². The number of carbonyl (C=O) groups excluding carboxylic acids is 2. The predicted octanol–water partition coefficient (Wildman–Crippen LogP) is 1.95. The molecule has 2 amide bonds. The fourth-order valence-corrected chi connectivity index (χ4v) is 4.64. The summed E-state index contributed by atoms with van der Waals surface area (Å²) < 4.78 is 0. The lowest BCUT2D eigenvalue weighted by Crippen LogP contribution is -2.57. The van der Waals surface area contributed by atoms with Crippen LogP contribution in [0.5, 0.6) is 0 Å². The van der Waals surface area contributed by atoms with Gasteiger partial charge in [0.15, 0.2) is 0 Å². The van der Waals surface area contributed by atoms with Crippen LogP contribution in [-0.2, 0) is 4.79 Å². The first-order valence-corrected chi connectivity index (χ1v) is 11.1. The fraction of sp³-hybridized carbons (Fsp3) is 0.500. The van der Waals surface area contributed by atoms with Gasteiger partial charge in [0, 0.05) is 55.9 Å². The largest absolute Gasteiger partial charge is 0.361 e. The molecule has 0 unspecified atom stereocenters. The third-order valence-corrected chi connectivity index (χ3v) is 6.57. The molecule has 8 heteroatoms. The number of nitrogens with zero attached hydrogens (tertiary/aromatic N) is 3. The van der Waals surface area contributed by atoms with Crippen LogP contribution in [0.25, 0.3) is 10.9 Å². The van der Waals surface area contributed by atoms with E-state index in [0.29, 0.717) is 24.7 Å². The number of aromatic amines is 1. The van der Waals surface area contributed by atoms with Gasteiger partial charge < -0.3 is 20.1 Å². The van der Waals surface area contributed by atoms with Gasteiger partial charge in [0.2, 0.25) is 5.91 Å². The molecule has 2 fully saturated rings. The summed E-state index contributed by atoms with van der Waals surface area (Å²) in [6, 6.07) is 7.31. The summed E-state index contributed by atoms with van der Waals surface area (Å²) in [7, 11) is 2.17. The number of piperidine rings is 1. The first-order valence-electron chi connectivity index (χ1n) is 11.1. The summed E-state index contributed by atoms with van der Waals surface area (Å²) in [5, 5.41) is 3.90. The van der Waals surface area contributed by atoms with Crippen molar-refractivity contribution in [3.8, 4) is 12.3 Å². The highest BCUT2D eigenvalue weighted by atomic mass is 35.5. The maximum atomic E-state index is 13.1. The van der Waals surface area contributed by atoms with Crippen LogP contribution in [0.4, 0.5) is 0 Å². The molecule has 7 nitrogen and oxygen atoms in total. The lowest BCUT2D eigenvalue weighted by atomic mass is 10.0. The summed E-state index contributed by atoms with van der Waals surface area (Å²) >= 11 is 0. The van der Waals surface area contributed by atoms with Gasteiger partial charge >= 0.3 is 0 Å². The highest BCUT2D eigenvalue weighted by Crippen LogP contribution is 2.18. The quantitative estimate of drug-likeness (QED) is 0.673. The van der Waals surface area contributed by atoms with Crippen molar-refractivity contribution in [2.45, 2.75) is 31.3 Å². The van der Waals surface area contributed by atoms with E-state index in [4.69, 9.17) is 6.42 Å². The van der Waals surface area contributed by atoms with Crippen LogP contribution < -0.4 is 5.32 Å². The Morgan fingerprint density at radius 2 is 1.88 bits per heavy atom. The predicted molar refractivity (Wildman–Crippen MR) is 129 cm³/mol. The van der Waals surface area contributed by atoms with Crippen molar-refractivity contribution in [1.82, 2.24) is 25.0 Å². The van der Waals surface area contributed by atoms with Crippen molar-refractivity contribution in [3.05, 3.63) is 36.0 Å². The van der Waals surface area contributed by atoms with Gasteiger partial charge in [0.05, 0.1) is 0 Å². The summed E-state index contributed by atoms with van der Waals surface area (Å²) in [5.41, 5.74) is 1.40. The molecule has 32 heavy (non-hydrogen) atoms. The van der Waals surface area contributed by atoms with E-state index in [-0.39, 0.29) is 30.6 Å². The lowest BCUT2D eigenvalue weighted by Gasteiger charge is -2.42. The minimum Gasteiger partial charge on any atom is -0.361 e. The molecule has 2 aromatic rings. The summed E-state index contributed by atoms with van der Waals surface area (Å²) in [6.45, 7) is 5.37. The Bertz CT molecular complexity index is 968. The molecule has 0 bridgehead atoms. The zero-order valence-electron chi connectivity index (χ0n) is 18.5. The van der Waals surface area contributed by atoms with Crippen molar-refractivity contribution >= 4 is 35.1 Å². The smallest absolute Gasteiger partial charge is 0.252 e. The lowest BCUT2D eigenvalue weighted by molar-refractivity contribution is -0.135. The molecule has 2 aliphatic rings. The van der Waals surface area contributed by atoms with Gasteiger partial charge in [-0.2, -0.15) is 0 Å². The Hall–Kier alpha value is -2.53. The molecule has 2 N–H and O–H groups in total. The zero-order chi connectivity index (χ0) is 21.8. The van der Waals surface area contributed by atoms with Crippen molar-refractivity contribution in [1.29, 1.82) is 0 Å². The van der Waals surface area contributed by atoms with Gasteiger partial charge in [0.1, 0.15) is 6.04 Å². The van der Waals surface area contributed by atoms with Gasteiger partial charge in [-0.3, -0.25) is 14.5 Å². The normalized spacial score (nSPS) is 19.2. The Morgan fingerprint density at radius 3 is 2.56 bits per heavy atom. The molecule has 3 heterocycles. The van der Waals surface area contributed by atoms with Gasteiger partial charge in [0.25, 0.3) is 5.91 Å². The molecule has 1 atom stereocenters. The average molecular weight is 458 g/mol. The Labute approximate surface area is 195 Å². The van der Waals surface area contributed by atoms with Crippen LogP contribution in [0.15, 0.2) is 30.5 Å². The number of terminal acetylenes is 1. The maximum Gasteiger partial charge on any atom is 0.252 e. The molecule has 0 spiro atoms. The minimum atomic E-state index is -0.702. The first kappa shape index (κ1) is 24.1. The molecule has 4 rings (SSSR count). The molecule has 0 saturated carbocycles. The molecule has 0 aliphatic carbocycles. The second-order valence-corrected chi connectivity index (χ2v) is 8.61. The third-order valence-electron chi connectivity index (χ3n) is 6.57. The number of carbonyl (C=O) groups is 2. The Kier molecular flexibility index (Phi) is 8.19. The van der Waals surface area contributed by atoms with E-state index < -0.39 is 6.04 Å². The number of fused-ring (bicyclic) bond motifs is 1. The fourth-order valence-electron chi connectivity index (χ4n) is 4.64. The summed E-state index contributed by atoms with van der Waals surface area (Å²) in [6.07, 6.45) is 9.91. The van der Waals surface area contributed by atoms with E-state index in [9.17, 15) is 9.59 Å². The molecule has 1 aromatic heterocycles. The number of nitrogens with one attached hydrogen (secondary N) is 2. The van der Waals surface area contributed by atoms with Crippen LogP contribution >= 0.6 is 12.4 Å². The number of H-pyrrole nitrogens is 1. The van der Waals surface area contributed by atoms with Crippen LogP contribution in [0.1, 0.15) is 29.6 Å². The van der Waals surface area contributed by atoms with Gasteiger partial charge in [-0.15, -0.1) is 24.8 Å². The molecular weight excluding hydrogens is 426 g/mol. The monoisotopic (exact) mass is 457 g/mol. The Morgan fingerprint density at radius 1 is 1.16 bits per heavy atom. The number of rotatable bonds is 5. The third kappa shape index (κ3) is 5.44. The summed E-state index contributed by atoms with van der Waals surface area (Å²) in [5.74, 6) is 2.18. The zero-order valence-corrected chi connectivity index (χ0v) is 19.4. The van der Waals surface area contributed by atoms with E-state index in [1.807, 2.05) is 23.2 Å². The molecular formula is C24H32ClN5O2. The number of piperazine rings is 1. The number of benzene rings is 1. The molecule has 172 valence electrons. The summed E-state index contributed by atoms with van der Waals surface area (Å²) in [4.78, 5) is 35.8. The second-order valence-electron chi connectivity index (χ2n) is 8.61. The van der Waals surface area contributed by atoms with E-state index in [1.54, 1.807) is 12.1 Å². The van der Waals surface area contributed by atoms with Crippen LogP contribution in [0.2, 0.25) is 0 Å². The average Bonchev–Trinajstić information content (AvgIpc) is 3.27. The first-order chi connectivity index (χ1) is 15.0. The highest BCUT2D eigenvalue weighted by Gasteiger charge is 2.31. The number of hydrogen-bond acceptors (Lipinski definition) is 4. The number of likely N-dealkylation sites (tertiary alicyclic amines) is 1. The van der Waals surface area contributed by atoms with Gasteiger partial charge in [-0.25, -0.2) is 0 Å². The molecule has 2 saturated heterocycles. The van der Waals surface area contributed by atoms with E-state index in [2.05, 4.69) is 33.1 Å². The Balaban J connectivity index is 0.00000289. The van der Waals surface area contributed by atoms with Crippen molar-refractivity contribution in [2.24, 2.45) is 0 Å². The van der Waals surface area contributed by atoms with Crippen LogP contribution in [0, 0.1) is 12.3 Å². The van der Waals surface area contributed by atoms with Crippen LogP contribution in [0.3, 0.4) is 0 Å². The number of amides is 2. The molecule has 1 aromatic carbocycles. The van der Waals surface area contributed by atoms with E-state index in [1.165, 1.54) is 12.8 Å². The SMILES string of the molecule is C#CC[C@@H](NC(=O)c1ccc2cc[nH]c2c1)C(=O)N1CCN(C2CCN(C)CC2)CC1.Cl. The highest BCUT2D eigenvalue weighted by molar-refractivity contribution is 6.00. The maximum absolute atomic E-state index is 13.1. The number of aromatic nitrogens is 1. The van der Waals surface area contributed by atoms with Gasteiger partial charge in [-0.05, 0) is 56.6 Å². The second kappa shape index (κ2) is 10.9. The van der Waals surface area contributed by atoms with Crippen molar-refractivity contribution in [3.63, 3.8) is 0 Å². The standard InChI is InChI=1S/C24H31N5O2.ClH/c1-3-4-21(26-23(30)19-6-5-18-7-10-25-22(18)17-19)24(31)29-15-13-28(14-16-29)20-8-11-27(2)12-9-20;/h1,5-7,10,17,20-21,25H,4,8-9,11-16H2,2H3,(H,26,30);1H/t21-;/m1./s1. The van der Waals surface area contributed by atoms with Crippen LogP contribution in [-0.4, -0.2) is 89.9 Å². The van der Waals surface area contributed by atoms with E-state index >= 15 is 0 Å². The minimum absolute atomic E-state index is 0. The molecule has 0 radical (unpaired) electrons. The number of halogens is 1. The van der Waals surface area contributed by atoms with E-state index in [0.717, 1.165) is 37.1 Å². The van der Waals surface area contributed by atoms with Gasteiger partial charge in [-0.1, -0.05) is 6.07 Å². The topological polar surface area (TPSA) is 71.7 Å². The number of hydrogen-bond donors (Lipinski definition) is 2. The molecule has 2 aliphatic heterocycles.